The highest BCUT2D eigenvalue weighted by Crippen LogP contribution is 2.32. The van der Waals surface area contributed by atoms with E-state index in [1.54, 1.807) is 0 Å². The summed E-state index contributed by atoms with van der Waals surface area (Å²) in [5, 5.41) is 7.91. The molecular formula is C19H25N5O2S. The molecule has 4 rings (SSSR count). The Morgan fingerprint density at radius 2 is 2.07 bits per heavy atom. The zero-order valence-electron chi connectivity index (χ0n) is 15.6. The molecule has 0 atom stereocenters. The van der Waals surface area contributed by atoms with Crippen molar-refractivity contribution in [3.8, 4) is 0 Å². The van der Waals surface area contributed by atoms with Gasteiger partial charge in [0.15, 0.2) is 0 Å². The maximum atomic E-state index is 12.9. The fourth-order valence-electron chi connectivity index (χ4n) is 3.39. The molecule has 1 aliphatic heterocycles. The van der Waals surface area contributed by atoms with Crippen molar-refractivity contribution in [3.63, 3.8) is 0 Å². The highest BCUT2D eigenvalue weighted by atomic mass is 32.1. The smallest absolute Gasteiger partial charge is 0.264 e. The standard InChI is InChI=1S/C19H25N5O2S/c1-22-12-14(11-20-22)13-23-7-2-8-24(10-9-23)19(26)16-5-6-17(27-16)21-18(25)15-3-4-15/h5-6,11-12,15H,2-4,7-10,13H2,1H3,(H,21,25). The van der Waals surface area contributed by atoms with E-state index >= 15 is 0 Å². The van der Waals surface area contributed by atoms with E-state index in [1.165, 1.54) is 16.9 Å². The second-order valence-corrected chi connectivity index (χ2v) is 8.46. The lowest BCUT2D eigenvalue weighted by Crippen LogP contribution is -2.34. The molecule has 0 bridgehead atoms. The molecule has 0 unspecified atom stereocenters. The van der Waals surface area contributed by atoms with Crippen LogP contribution in [0.25, 0.3) is 0 Å². The van der Waals surface area contributed by atoms with Gasteiger partial charge in [-0.1, -0.05) is 0 Å². The second kappa shape index (κ2) is 7.82. The van der Waals surface area contributed by atoms with Crippen molar-refractivity contribution in [3.05, 3.63) is 35.0 Å². The summed E-state index contributed by atoms with van der Waals surface area (Å²) >= 11 is 1.37. The predicted octanol–water partition coefficient (Wildman–Crippen LogP) is 2.18. The molecule has 1 aliphatic carbocycles. The quantitative estimate of drug-likeness (QED) is 0.854. The molecule has 8 heteroatoms. The average molecular weight is 388 g/mol. The van der Waals surface area contributed by atoms with Crippen molar-refractivity contribution in [2.45, 2.75) is 25.8 Å². The van der Waals surface area contributed by atoms with E-state index in [-0.39, 0.29) is 17.7 Å². The zero-order chi connectivity index (χ0) is 18.8. The number of nitrogens with one attached hydrogen (secondary N) is 1. The number of rotatable bonds is 5. The number of amides is 2. The molecule has 2 aromatic heterocycles. The predicted molar refractivity (Wildman–Crippen MR) is 105 cm³/mol. The van der Waals surface area contributed by atoms with E-state index in [0.29, 0.717) is 4.88 Å². The fraction of sp³-hybridized carbons (Fsp3) is 0.526. The van der Waals surface area contributed by atoms with E-state index in [9.17, 15) is 9.59 Å². The molecule has 7 nitrogen and oxygen atoms in total. The van der Waals surface area contributed by atoms with E-state index in [4.69, 9.17) is 0 Å². The average Bonchev–Trinajstić information content (AvgIpc) is 3.34. The zero-order valence-corrected chi connectivity index (χ0v) is 16.4. The van der Waals surface area contributed by atoms with Crippen LogP contribution in [0.15, 0.2) is 24.5 Å². The van der Waals surface area contributed by atoms with E-state index in [2.05, 4.69) is 15.3 Å². The van der Waals surface area contributed by atoms with Crippen LogP contribution >= 0.6 is 11.3 Å². The van der Waals surface area contributed by atoms with Gasteiger partial charge in [-0.25, -0.2) is 0 Å². The molecule has 0 radical (unpaired) electrons. The number of nitrogens with zero attached hydrogens (tertiary/aromatic N) is 4. The molecule has 3 heterocycles. The van der Waals surface area contributed by atoms with Gasteiger partial charge in [-0.2, -0.15) is 5.10 Å². The van der Waals surface area contributed by atoms with Gasteiger partial charge in [0.25, 0.3) is 5.91 Å². The summed E-state index contributed by atoms with van der Waals surface area (Å²) in [6.07, 6.45) is 6.86. The van der Waals surface area contributed by atoms with Gasteiger partial charge in [0.1, 0.15) is 0 Å². The summed E-state index contributed by atoms with van der Waals surface area (Å²) in [5.74, 6) is 0.314. The molecule has 2 aromatic rings. The number of carbonyl (C=O) groups excluding carboxylic acids is 2. The van der Waals surface area contributed by atoms with Gasteiger partial charge in [-0.05, 0) is 31.4 Å². The van der Waals surface area contributed by atoms with Crippen LogP contribution in [0.1, 0.15) is 34.5 Å². The van der Waals surface area contributed by atoms with Crippen LogP contribution in [0.2, 0.25) is 0 Å². The van der Waals surface area contributed by atoms with Crippen LogP contribution in [0, 0.1) is 5.92 Å². The normalized spacial score (nSPS) is 18.3. The van der Waals surface area contributed by atoms with Crippen LogP contribution in [-0.4, -0.2) is 57.6 Å². The Labute approximate surface area is 162 Å². The van der Waals surface area contributed by atoms with Crippen molar-refractivity contribution >= 4 is 28.2 Å². The van der Waals surface area contributed by atoms with Crippen LogP contribution in [-0.2, 0) is 18.4 Å². The van der Waals surface area contributed by atoms with Crippen molar-refractivity contribution < 1.29 is 9.59 Å². The summed E-state index contributed by atoms with van der Waals surface area (Å²) in [4.78, 5) is 29.7. The van der Waals surface area contributed by atoms with Gasteiger partial charge in [-0.15, -0.1) is 11.3 Å². The van der Waals surface area contributed by atoms with Crippen LogP contribution < -0.4 is 5.32 Å². The van der Waals surface area contributed by atoms with Gasteiger partial charge < -0.3 is 10.2 Å². The largest absolute Gasteiger partial charge is 0.337 e. The number of aryl methyl sites for hydroxylation is 1. The minimum atomic E-state index is 0.0650. The first-order valence-corrected chi connectivity index (χ1v) is 10.3. The lowest BCUT2D eigenvalue weighted by molar-refractivity contribution is -0.117. The molecule has 0 aromatic carbocycles. The maximum Gasteiger partial charge on any atom is 0.264 e. The van der Waals surface area contributed by atoms with Crippen molar-refractivity contribution in [2.75, 3.05) is 31.5 Å². The molecule has 1 saturated carbocycles. The number of hydrogen-bond acceptors (Lipinski definition) is 5. The molecule has 1 N–H and O–H groups in total. The third-order valence-electron chi connectivity index (χ3n) is 5.05. The highest BCUT2D eigenvalue weighted by Gasteiger charge is 2.30. The minimum Gasteiger partial charge on any atom is -0.337 e. The van der Waals surface area contributed by atoms with Crippen LogP contribution in [0.3, 0.4) is 0 Å². The first-order valence-electron chi connectivity index (χ1n) is 9.48. The van der Waals surface area contributed by atoms with Crippen LogP contribution in [0.4, 0.5) is 5.00 Å². The number of anilines is 1. The monoisotopic (exact) mass is 387 g/mol. The lowest BCUT2D eigenvalue weighted by Gasteiger charge is -2.21. The molecule has 2 fully saturated rings. The minimum absolute atomic E-state index is 0.0650. The Bertz CT molecular complexity index is 826. The topological polar surface area (TPSA) is 70.5 Å². The summed E-state index contributed by atoms with van der Waals surface area (Å²) in [7, 11) is 1.93. The van der Waals surface area contributed by atoms with Crippen molar-refractivity contribution in [2.24, 2.45) is 13.0 Å². The van der Waals surface area contributed by atoms with Crippen molar-refractivity contribution in [1.82, 2.24) is 19.6 Å². The lowest BCUT2D eigenvalue weighted by atomic mass is 10.3. The van der Waals surface area contributed by atoms with Crippen LogP contribution in [0.5, 0.6) is 0 Å². The van der Waals surface area contributed by atoms with Gasteiger partial charge in [-0.3, -0.25) is 19.2 Å². The summed E-state index contributed by atoms with van der Waals surface area (Å²) in [6.45, 7) is 4.19. The molecule has 144 valence electrons. The van der Waals surface area contributed by atoms with Gasteiger partial charge in [0.2, 0.25) is 5.91 Å². The van der Waals surface area contributed by atoms with E-state index in [0.717, 1.165) is 57.0 Å². The summed E-state index contributed by atoms with van der Waals surface area (Å²) in [5.41, 5.74) is 1.20. The third kappa shape index (κ3) is 4.56. The summed E-state index contributed by atoms with van der Waals surface area (Å²) in [6, 6.07) is 3.67. The van der Waals surface area contributed by atoms with E-state index < -0.39 is 0 Å². The third-order valence-corrected chi connectivity index (χ3v) is 6.04. The number of thiophene rings is 1. The summed E-state index contributed by atoms with van der Waals surface area (Å²) < 4.78 is 1.82. The number of hydrogen-bond donors (Lipinski definition) is 1. The number of carbonyl (C=O) groups is 2. The van der Waals surface area contributed by atoms with E-state index in [1.807, 2.05) is 41.2 Å². The maximum absolute atomic E-state index is 12.9. The Hall–Kier alpha value is -2.19. The van der Waals surface area contributed by atoms with Crippen molar-refractivity contribution in [1.29, 1.82) is 0 Å². The Morgan fingerprint density at radius 3 is 2.81 bits per heavy atom. The molecule has 0 spiro atoms. The first-order chi connectivity index (χ1) is 13.1. The molecule has 1 saturated heterocycles. The van der Waals surface area contributed by atoms with Gasteiger partial charge >= 0.3 is 0 Å². The fourth-order valence-corrected chi connectivity index (χ4v) is 4.27. The molecular weight excluding hydrogens is 362 g/mol. The van der Waals surface area contributed by atoms with Gasteiger partial charge in [0.05, 0.1) is 16.1 Å². The molecule has 27 heavy (non-hydrogen) atoms. The Kier molecular flexibility index (Phi) is 5.27. The number of aromatic nitrogens is 2. The highest BCUT2D eigenvalue weighted by molar-refractivity contribution is 7.18. The van der Waals surface area contributed by atoms with Gasteiger partial charge in [0, 0.05) is 57.4 Å². The Morgan fingerprint density at radius 1 is 1.22 bits per heavy atom. The molecule has 2 amide bonds. The second-order valence-electron chi connectivity index (χ2n) is 7.37. The molecule has 2 aliphatic rings. The Balaban J connectivity index is 1.32. The first kappa shape index (κ1) is 18.2. The SMILES string of the molecule is Cn1cc(CN2CCCN(C(=O)c3ccc(NC(=O)C4CC4)s3)CC2)cn1.